The summed E-state index contributed by atoms with van der Waals surface area (Å²) in [6, 6.07) is 0. The zero-order valence-corrected chi connectivity index (χ0v) is 11.6. The molecule has 4 aliphatic heterocycles. The SMILES string of the molecule is CC1(C)OCC2O[C@H]3O[C@H]3C3OC(C)(C)O[C@H]3[C@@H]2O1. The number of hydrogen-bond donors (Lipinski definition) is 0. The first kappa shape index (κ1) is 12.5. The van der Waals surface area contributed by atoms with Crippen molar-refractivity contribution in [2.24, 2.45) is 0 Å². The maximum atomic E-state index is 6.03. The Morgan fingerprint density at radius 3 is 2.11 bits per heavy atom. The zero-order chi connectivity index (χ0) is 13.4. The lowest BCUT2D eigenvalue weighted by atomic mass is 10.0. The van der Waals surface area contributed by atoms with Crippen molar-refractivity contribution in [3.8, 4) is 0 Å². The molecule has 6 heteroatoms. The average molecular weight is 272 g/mol. The molecule has 2 unspecified atom stereocenters. The van der Waals surface area contributed by atoms with Crippen LogP contribution in [0.25, 0.3) is 0 Å². The summed E-state index contributed by atoms with van der Waals surface area (Å²) in [5.41, 5.74) is 0. The van der Waals surface area contributed by atoms with Crippen LogP contribution in [0.1, 0.15) is 27.7 Å². The molecule has 6 atom stereocenters. The summed E-state index contributed by atoms with van der Waals surface area (Å²) >= 11 is 0. The van der Waals surface area contributed by atoms with Crippen molar-refractivity contribution in [1.29, 1.82) is 0 Å². The fourth-order valence-electron chi connectivity index (χ4n) is 3.16. The molecule has 0 saturated carbocycles. The molecule has 4 aliphatic rings. The van der Waals surface area contributed by atoms with Crippen LogP contribution in [0.2, 0.25) is 0 Å². The highest BCUT2D eigenvalue weighted by molar-refractivity contribution is 5.04. The normalized spacial score (nSPS) is 53.7. The molecule has 4 saturated heterocycles. The van der Waals surface area contributed by atoms with Crippen molar-refractivity contribution in [2.45, 2.75) is 76.1 Å². The lowest BCUT2D eigenvalue weighted by Gasteiger charge is -2.42. The van der Waals surface area contributed by atoms with E-state index in [0.29, 0.717) is 6.61 Å². The maximum Gasteiger partial charge on any atom is 0.187 e. The topological polar surface area (TPSA) is 58.7 Å². The third-order valence-corrected chi connectivity index (χ3v) is 3.98. The van der Waals surface area contributed by atoms with E-state index < -0.39 is 11.6 Å². The number of rotatable bonds is 0. The smallest absolute Gasteiger partial charge is 0.187 e. The molecule has 0 spiro atoms. The van der Waals surface area contributed by atoms with Crippen molar-refractivity contribution in [3.05, 3.63) is 0 Å². The Bertz CT molecular complexity index is 395. The molecule has 0 aromatic rings. The van der Waals surface area contributed by atoms with Crippen LogP contribution in [0.3, 0.4) is 0 Å². The molecule has 0 aliphatic carbocycles. The maximum absolute atomic E-state index is 6.03. The summed E-state index contributed by atoms with van der Waals surface area (Å²) in [6.45, 7) is 8.12. The summed E-state index contributed by atoms with van der Waals surface area (Å²) in [5, 5.41) is 0. The van der Waals surface area contributed by atoms with E-state index in [9.17, 15) is 0 Å². The first-order valence-corrected chi connectivity index (χ1v) is 6.83. The predicted octanol–water partition coefficient (Wildman–Crippen LogP) is 0.782. The number of hydrogen-bond acceptors (Lipinski definition) is 6. The highest BCUT2D eigenvalue weighted by atomic mass is 16.8. The average Bonchev–Trinajstić information content (AvgIpc) is 2.98. The minimum Gasteiger partial charge on any atom is -0.348 e. The van der Waals surface area contributed by atoms with Gasteiger partial charge in [-0.15, -0.1) is 0 Å². The summed E-state index contributed by atoms with van der Waals surface area (Å²) in [6.07, 6.45) is -0.940. The van der Waals surface area contributed by atoms with Gasteiger partial charge in [-0.2, -0.15) is 0 Å². The minimum atomic E-state index is -0.624. The molecule has 4 fully saturated rings. The van der Waals surface area contributed by atoms with Gasteiger partial charge in [-0.25, -0.2) is 0 Å². The van der Waals surface area contributed by atoms with Gasteiger partial charge in [0.15, 0.2) is 17.9 Å². The van der Waals surface area contributed by atoms with E-state index in [1.807, 2.05) is 27.7 Å². The van der Waals surface area contributed by atoms with E-state index in [4.69, 9.17) is 28.4 Å². The highest BCUT2D eigenvalue weighted by Crippen LogP contribution is 2.46. The second kappa shape index (κ2) is 3.69. The summed E-state index contributed by atoms with van der Waals surface area (Å²) < 4.78 is 35.1. The summed E-state index contributed by atoms with van der Waals surface area (Å²) in [4.78, 5) is 0. The molecule has 19 heavy (non-hydrogen) atoms. The Morgan fingerprint density at radius 2 is 1.37 bits per heavy atom. The third kappa shape index (κ3) is 2.02. The van der Waals surface area contributed by atoms with Crippen LogP contribution in [-0.4, -0.2) is 55.0 Å². The molecule has 4 heterocycles. The lowest BCUT2D eigenvalue weighted by molar-refractivity contribution is -0.330. The molecule has 4 rings (SSSR count). The number of epoxide rings is 1. The van der Waals surface area contributed by atoms with Crippen LogP contribution >= 0.6 is 0 Å². The fraction of sp³-hybridized carbons (Fsp3) is 1.00. The van der Waals surface area contributed by atoms with Crippen molar-refractivity contribution >= 4 is 0 Å². The quantitative estimate of drug-likeness (QED) is 0.607. The first-order valence-electron chi connectivity index (χ1n) is 6.83. The second-order valence-corrected chi connectivity index (χ2v) is 6.50. The zero-order valence-electron chi connectivity index (χ0n) is 11.6. The van der Waals surface area contributed by atoms with E-state index in [-0.39, 0.29) is 36.8 Å². The van der Waals surface area contributed by atoms with E-state index in [0.717, 1.165) is 0 Å². The standard InChI is InChI=1S/C13H20O6/c1-12(2)14-5-6-7(17-12)8-9(10-11(15-6)16-10)19-13(3,4)18-8/h6-11H,5H2,1-4H3/t6?,7-,8+,9?,10+,11+/m1/s1. The molecular formula is C13H20O6. The van der Waals surface area contributed by atoms with Gasteiger partial charge in [0.25, 0.3) is 0 Å². The Hall–Kier alpha value is -0.240. The van der Waals surface area contributed by atoms with Crippen LogP contribution in [-0.2, 0) is 28.4 Å². The van der Waals surface area contributed by atoms with Crippen LogP contribution in [0.4, 0.5) is 0 Å². The lowest BCUT2D eigenvalue weighted by Crippen LogP contribution is -2.56. The number of fused-ring (bicyclic) bond motifs is 5. The van der Waals surface area contributed by atoms with Gasteiger partial charge >= 0.3 is 0 Å². The molecule has 6 nitrogen and oxygen atoms in total. The Balaban J connectivity index is 1.64. The molecule has 108 valence electrons. The van der Waals surface area contributed by atoms with Crippen LogP contribution < -0.4 is 0 Å². The van der Waals surface area contributed by atoms with Gasteiger partial charge in [0.05, 0.1) is 6.61 Å². The molecule has 0 radical (unpaired) electrons. The van der Waals surface area contributed by atoms with Crippen LogP contribution in [0.15, 0.2) is 0 Å². The fourth-order valence-corrected chi connectivity index (χ4v) is 3.16. The van der Waals surface area contributed by atoms with Crippen molar-refractivity contribution < 1.29 is 28.4 Å². The molecule has 0 N–H and O–H groups in total. The third-order valence-electron chi connectivity index (χ3n) is 3.98. The molecule has 0 aromatic carbocycles. The van der Waals surface area contributed by atoms with Crippen molar-refractivity contribution in [3.63, 3.8) is 0 Å². The Kier molecular flexibility index (Phi) is 2.43. The van der Waals surface area contributed by atoms with E-state index in [1.54, 1.807) is 0 Å². The van der Waals surface area contributed by atoms with Crippen molar-refractivity contribution in [2.75, 3.05) is 6.61 Å². The van der Waals surface area contributed by atoms with E-state index in [2.05, 4.69) is 0 Å². The molecule has 0 bridgehead atoms. The van der Waals surface area contributed by atoms with Crippen LogP contribution in [0, 0.1) is 0 Å². The summed E-state index contributed by atoms with van der Waals surface area (Å²) in [7, 11) is 0. The minimum absolute atomic E-state index is 0.0518. The van der Waals surface area contributed by atoms with Gasteiger partial charge in [-0.1, -0.05) is 0 Å². The van der Waals surface area contributed by atoms with E-state index in [1.165, 1.54) is 0 Å². The van der Waals surface area contributed by atoms with Crippen LogP contribution in [0.5, 0.6) is 0 Å². The van der Waals surface area contributed by atoms with Gasteiger partial charge in [0.1, 0.15) is 30.5 Å². The predicted molar refractivity (Wildman–Crippen MR) is 62.3 cm³/mol. The molecular weight excluding hydrogens is 252 g/mol. The first-order chi connectivity index (χ1) is 8.85. The number of ether oxygens (including phenoxy) is 6. The van der Waals surface area contributed by atoms with Gasteiger partial charge in [0.2, 0.25) is 0 Å². The Labute approximate surface area is 112 Å². The highest BCUT2D eigenvalue weighted by Gasteiger charge is 2.64. The Morgan fingerprint density at radius 1 is 0.737 bits per heavy atom. The van der Waals surface area contributed by atoms with Gasteiger partial charge < -0.3 is 28.4 Å². The molecule has 0 amide bonds. The monoisotopic (exact) mass is 272 g/mol. The van der Waals surface area contributed by atoms with Gasteiger partial charge in [0, 0.05) is 0 Å². The second-order valence-electron chi connectivity index (χ2n) is 6.50. The molecule has 0 aromatic heterocycles. The largest absolute Gasteiger partial charge is 0.348 e. The van der Waals surface area contributed by atoms with Gasteiger partial charge in [-0.05, 0) is 27.7 Å². The van der Waals surface area contributed by atoms with Crippen molar-refractivity contribution in [1.82, 2.24) is 0 Å². The van der Waals surface area contributed by atoms with Gasteiger partial charge in [-0.3, -0.25) is 0 Å². The van der Waals surface area contributed by atoms with E-state index >= 15 is 0 Å². The summed E-state index contributed by atoms with van der Waals surface area (Å²) in [5.74, 6) is -1.24.